The Morgan fingerprint density at radius 3 is 2.15 bits per heavy atom. The van der Waals surface area contributed by atoms with Gasteiger partial charge in [-0.2, -0.15) is 5.10 Å². The summed E-state index contributed by atoms with van der Waals surface area (Å²) in [6, 6.07) is 17.4. The average molecular weight is 451 g/mol. The van der Waals surface area contributed by atoms with E-state index in [1.54, 1.807) is 5.01 Å². The fourth-order valence-electron chi connectivity index (χ4n) is 3.71. The van der Waals surface area contributed by atoms with Gasteiger partial charge in [0.1, 0.15) is 0 Å². The van der Waals surface area contributed by atoms with Crippen LogP contribution < -0.4 is 0 Å². The molecular formula is C30H46N2O. The van der Waals surface area contributed by atoms with Crippen LogP contribution in [0.3, 0.4) is 0 Å². The number of nitrogens with zero attached hydrogens (tertiary/aromatic N) is 2. The molecule has 3 heteroatoms. The lowest BCUT2D eigenvalue weighted by Gasteiger charge is -2.18. The number of hydrogen-bond donors (Lipinski definition) is 0. The van der Waals surface area contributed by atoms with E-state index < -0.39 is 0 Å². The lowest BCUT2D eigenvalue weighted by Crippen LogP contribution is -2.28. The summed E-state index contributed by atoms with van der Waals surface area (Å²) in [6.07, 6.45) is 8.86. The Balaban J connectivity index is 0.00000265. The van der Waals surface area contributed by atoms with Crippen LogP contribution in [0.4, 0.5) is 0 Å². The summed E-state index contributed by atoms with van der Waals surface area (Å²) in [6.45, 7) is 13.3. The van der Waals surface area contributed by atoms with Crippen molar-refractivity contribution in [3.05, 3.63) is 59.7 Å². The molecule has 0 fully saturated rings. The van der Waals surface area contributed by atoms with Crippen molar-refractivity contribution in [2.24, 2.45) is 5.10 Å². The highest BCUT2D eigenvalue weighted by Gasteiger charge is 2.12. The molecular weight excluding hydrogens is 404 g/mol. The molecule has 0 N–H and O–H groups in total. The van der Waals surface area contributed by atoms with Crippen LogP contribution in [0.2, 0.25) is 0 Å². The summed E-state index contributed by atoms with van der Waals surface area (Å²) < 4.78 is 0. The van der Waals surface area contributed by atoms with Gasteiger partial charge in [-0.1, -0.05) is 89.1 Å². The molecule has 2 aromatic rings. The SMILES string of the molecule is CC.CCCC/C(C)=N/N(CCCC)C(=O)CCCCc1ccc(-c2ccccc2C)cc1. The molecule has 0 aromatic heterocycles. The Bertz CT molecular complexity index is 823. The van der Waals surface area contributed by atoms with Gasteiger partial charge in [-0.25, -0.2) is 5.01 Å². The molecule has 0 heterocycles. The molecule has 0 atom stereocenters. The van der Waals surface area contributed by atoms with Crippen molar-refractivity contribution in [1.82, 2.24) is 5.01 Å². The molecule has 182 valence electrons. The molecule has 0 bridgehead atoms. The predicted molar refractivity (Wildman–Crippen MR) is 145 cm³/mol. The standard InChI is InChI=1S/C28H40N2O.C2H6/c1-5-7-14-24(4)29-30(22-8-6-2)28(31)17-12-10-15-25-18-20-26(21-19-25)27-16-11-9-13-23(27)3;1-2/h9,11,13,16,18-21H,5-8,10,12,14-15,17,22H2,1-4H3;1-2H3/b29-24+;. The van der Waals surface area contributed by atoms with Crippen molar-refractivity contribution in [1.29, 1.82) is 0 Å². The molecule has 33 heavy (non-hydrogen) atoms. The first-order valence-corrected chi connectivity index (χ1v) is 13.0. The molecule has 0 aliphatic heterocycles. The molecule has 3 nitrogen and oxygen atoms in total. The van der Waals surface area contributed by atoms with Gasteiger partial charge in [-0.15, -0.1) is 0 Å². The maximum atomic E-state index is 12.7. The first-order valence-electron chi connectivity index (χ1n) is 13.0. The fraction of sp³-hybridized carbons (Fsp3) is 0.533. The number of unbranched alkanes of at least 4 members (excludes halogenated alkanes) is 3. The van der Waals surface area contributed by atoms with Crippen LogP contribution in [0.15, 0.2) is 53.6 Å². The summed E-state index contributed by atoms with van der Waals surface area (Å²) in [7, 11) is 0. The first-order chi connectivity index (χ1) is 16.0. The summed E-state index contributed by atoms with van der Waals surface area (Å²) >= 11 is 0. The Labute approximate surface area is 203 Å². The highest BCUT2D eigenvalue weighted by molar-refractivity contribution is 5.84. The average Bonchev–Trinajstić information content (AvgIpc) is 2.85. The highest BCUT2D eigenvalue weighted by Crippen LogP contribution is 2.23. The Morgan fingerprint density at radius 2 is 1.52 bits per heavy atom. The maximum absolute atomic E-state index is 12.7. The van der Waals surface area contributed by atoms with Gasteiger partial charge in [0.15, 0.2) is 0 Å². The minimum Gasteiger partial charge on any atom is -0.273 e. The maximum Gasteiger partial charge on any atom is 0.242 e. The van der Waals surface area contributed by atoms with E-state index in [0.29, 0.717) is 6.42 Å². The summed E-state index contributed by atoms with van der Waals surface area (Å²) in [5.41, 5.74) is 6.26. The number of carbonyl (C=O) groups is 1. The molecule has 0 saturated carbocycles. The van der Waals surface area contributed by atoms with Crippen LogP contribution in [0.1, 0.15) is 97.1 Å². The van der Waals surface area contributed by atoms with Gasteiger partial charge in [-0.3, -0.25) is 4.79 Å². The number of amides is 1. The van der Waals surface area contributed by atoms with E-state index in [0.717, 1.165) is 63.6 Å². The van der Waals surface area contributed by atoms with Crippen LogP contribution in [0, 0.1) is 6.92 Å². The van der Waals surface area contributed by atoms with Crippen molar-refractivity contribution in [2.75, 3.05) is 6.54 Å². The number of hydrazone groups is 1. The molecule has 2 aromatic carbocycles. The second-order valence-electron chi connectivity index (χ2n) is 8.53. The lowest BCUT2D eigenvalue weighted by molar-refractivity contribution is -0.131. The van der Waals surface area contributed by atoms with Gasteiger partial charge in [0, 0.05) is 18.7 Å². The zero-order valence-electron chi connectivity index (χ0n) is 22.0. The zero-order chi connectivity index (χ0) is 24.5. The molecule has 0 spiro atoms. The number of aryl methyl sites for hydroxylation is 2. The van der Waals surface area contributed by atoms with Crippen molar-refractivity contribution >= 4 is 11.6 Å². The number of benzene rings is 2. The Kier molecular flexibility index (Phi) is 14.8. The fourth-order valence-corrected chi connectivity index (χ4v) is 3.71. The zero-order valence-corrected chi connectivity index (χ0v) is 22.0. The minimum atomic E-state index is 0.166. The summed E-state index contributed by atoms with van der Waals surface area (Å²) in [4.78, 5) is 12.7. The molecule has 1 amide bonds. The van der Waals surface area contributed by atoms with Gasteiger partial charge in [0.25, 0.3) is 0 Å². The molecule has 0 aliphatic carbocycles. The third kappa shape index (κ3) is 10.8. The van der Waals surface area contributed by atoms with Crippen molar-refractivity contribution in [3.63, 3.8) is 0 Å². The molecule has 2 rings (SSSR count). The van der Waals surface area contributed by atoms with Gasteiger partial charge in [-0.05, 0) is 74.6 Å². The summed E-state index contributed by atoms with van der Waals surface area (Å²) in [5, 5.41) is 6.36. The lowest BCUT2D eigenvalue weighted by atomic mass is 9.98. The van der Waals surface area contributed by atoms with E-state index in [1.165, 1.54) is 22.3 Å². The molecule has 0 saturated heterocycles. The van der Waals surface area contributed by atoms with Crippen LogP contribution in [0.25, 0.3) is 11.1 Å². The van der Waals surface area contributed by atoms with Gasteiger partial charge < -0.3 is 0 Å². The molecule has 0 aliphatic rings. The second-order valence-corrected chi connectivity index (χ2v) is 8.53. The van der Waals surface area contributed by atoms with E-state index in [1.807, 2.05) is 20.8 Å². The largest absolute Gasteiger partial charge is 0.273 e. The topological polar surface area (TPSA) is 32.7 Å². The van der Waals surface area contributed by atoms with Crippen molar-refractivity contribution in [3.8, 4) is 11.1 Å². The van der Waals surface area contributed by atoms with E-state index in [4.69, 9.17) is 0 Å². The van der Waals surface area contributed by atoms with Gasteiger partial charge >= 0.3 is 0 Å². The second kappa shape index (κ2) is 17.1. The van der Waals surface area contributed by atoms with Crippen molar-refractivity contribution < 1.29 is 4.79 Å². The van der Waals surface area contributed by atoms with E-state index in [2.05, 4.69) is 74.4 Å². The summed E-state index contributed by atoms with van der Waals surface area (Å²) in [5.74, 6) is 0.166. The first kappa shape index (κ1) is 28.6. The van der Waals surface area contributed by atoms with Crippen LogP contribution in [0.5, 0.6) is 0 Å². The highest BCUT2D eigenvalue weighted by atomic mass is 16.2. The predicted octanol–water partition coefficient (Wildman–Crippen LogP) is 8.60. The monoisotopic (exact) mass is 450 g/mol. The normalized spacial score (nSPS) is 11.0. The third-order valence-corrected chi connectivity index (χ3v) is 5.71. The van der Waals surface area contributed by atoms with Crippen LogP contribution in [-0.4, -0.2) is 23.2 Å². The molecule has 0 unspecified atom stereocenters. The Morgan fingerprint density at radius 1 is 0.848 bits per heavy atom. The smallest absolute Gasteiger partial charge is 0.242 e. The number of rotatable bonds is 13. The number of carbonyl (C=O) groups excluding carboxylic acids is 1. The van der Waals surface area contributed by atoms with Gasteiger partial charge in [0.2, 0.25) is 5.91 Å². The van der Waals surface area contributed by atoms with E-state index >= 15 is 0 Å². The van der Waals surface area contributed by atoms with E-state index in [9.17, 15) is 4.79 Å². The van der Waals surface area contributed by atoms with Crippen LogP contribution in [-0.2, 0) is 11.2 Å². The van der Waals surface area contributed by atoms with Gasteiger partial charge in [0.05, 0.1) is 0 Å². The molecule has 0 radical (unpaired) electrons. The van der Waals surface area contributed by atoms with E-state index in [-0.39, 0.29) is 5.91 Å². The Hall–Kier alpha value is -2.42. The number of hydrogen-bond acceptors (Lipinski definition) is 2. The van der Waals surface area contributed by atoms with Crippen molar-refractivity contribution in [2.45, 2.75) is 99.3 Å². The third-order valence-electron chi connectivity index (χ3n) is 5.71. The van der Waals surface area contributed by atoms with Crippen LogP contribution >= 0.6 is 0 Å². The minimum absolute atomic E-state index is 0.166. The quantitative estimate of drug-likeness (QED) is 0.171.